The molecular formula is C19H20ClN3O2. The molecular weight excluding hydrogens is 338 g/mol. The highest BCUT2D eigenvalue weighted by Gasteiger charge is 2.31. The molecule has 6 heteroatoms. The Kier molecular flexibility index (Phi) is 4.34. The first kappa shape index (κ1) is 16.3. The molecule has 1 aromatic carbocycles. The zero-order valence-corrected chi connectivity index (χ0v) is 14.9. The molecule has 0 unspecified atom stereocenters. The summed E-state index contributed by atoms with van der Waals surface area (Å²) in [7, 11) is 0. The lowest BCUT2D eigenvalue weighted by Crippen LogP contribution is -2.35. The van der Waals surface area contributed by atoms with Crippen molar-refractivity contribution in [1.29, 1.82) is 0 Å². The highest BCUT2D eigenvalue weighted by molar-refractivity contribution is 6.29. The first-order chi connectivity index (χ1) is 12.1. The third-order valence-electron chi connectivity index (χ3n) is 4.98. The van der Waals surface area contributed by atoms with Crippen LogP contribution in [0.5, 0.6) is 11.6 Å². The molecule has 2 aliphatic rings. The Balaban J connectivity index is 1.78. The van der Waals surface area contributed by atoms with E-state index >= 15 is 0 Å². The molecule has 1 fully saturated rings. The summed E-state index contributed by atoms with van der Waals surface area (Å²) in [4.78, 5) is 15.1. The van der Waals surface area contributed by atoms with Gasteiger partial charge >= 0.3 is 0 Å². The van der Waals surface area contributed by atoms with Crippen molar-refractivity contribution in [2.24, 2.45) is 5.92 Å². The Hall–Kier alpha value is -2.14. The van der Waals surface area contributed by atoms with E-state index in [-0.39, 0.29) is 16.9 Å². The maximum Gasteiger partial charge on any atom is 0.264 e. The van der Waals surface area contributed by atoms with Crippen LogP contribution in [0.15, 0.2) is 24.3 Å². The number of benzene rings is 1. The van der Waals surface area contributed by atoms with Gasteiger partial charge in [-0.2, -0.15) is 0 Å². The normalized spacial score (nSPS) is 17.5. The molecule has 1 saturated carbocycles. The fraction of sp³-hybridized carbons (Fsp3) is 0.421. The van der Waals surface area contributed by atoms with Crippen LogP contribution in [-0.4, -0.2) is 22.6 Å². The van der Waals surface area contributed by atoms with Gasteiger partial charge in [0.2, 0.25) is 0 Å². The van der Waals surface area contributed by atoms with Crippen LogP contribution in [-0.2, 0) is 0 Å². The first-order valence-corrected chi connectivity index (χ1v) is 9.13. The van der Waals surface area contributed by atoms with Crippen molar-refractivity contribution < 1.29 is 9.53 Å². The van der Waals surface area contributed by atoms with E-state index in [0.29, 0.717) is 23.8 Å². The van der Waals surface area contributed by atoms with E-state index in [4.69, 9.17) is 16.3 Å². The lowest BCUT2D eigenvalue weighted by atomic mass is 9.88. The van der Waals surface area contributed by atoms with Crippen molar-refractivity contribution in [3.63, 3.8) is 0 Å². The van der Waals surface area contributed by atoms with Gasteiger partial charge in [-0.3, -0.25) is 4.79 Å². The van der Waals surface area contributed by atoms with Gasteiger partial charge in [-0.1, -0.05) is 36.9 Å². The fourth-order valence-electron chi connectivity index (χ4n) is 3.68. The van der Waals surface area contributed by atoms with Gasteiger partial charge in [-0.15, -0.1) is 10.2 Å². The van der Waals surface area contributed by atoms with Crippen LogP contribution in [0.3, 0.4) is 0 Å². The molecule has 0 atom stereocenters. The van der Waals surface area contributed by atoms with E-state index in [1.807, 2.05) is 30.0 Å². The third-order valence-corrected chi connectivity index (χ3v) is 5.17. The van der Waals surface area contributed by atoms with Crippen LogP contribution in [0.1, 0.15) is 48.0 Å². The molecule has 1 aromatic heterocycles. The van der Waals surface area contributed by atoms with E-state index in [9.17, 15) is 4.79 Å². The SMILES string of the molecule is Cc1ccc2c(c1)N(CC1CCCCC1)C(=O)c1cc(Cl)nnc1O2. The summed E-state index contributed by atoms with van der Waals surface area (Å²) in [5.74, 6) is 1.23. The monoisotopic (exact) mass is 357 g/mol. The van der Waals surface area contributed by atoms with Gasteiger partial charge in [0.05, 0.1) is 5.69 Å². The summed E-state index contributed by atoms with van der Waals surface area (Å²) in [6.07, 6.45) is 6.08. The second-order valence-electron chi connectivity index (χ2n) is 6.88. The van der Waals surface area contributed by atoms with Crippen molar-refractivity contribution in [3.05, 3.63) is 40.5 Å². The number of halogens is 1. The molecule has 0 N–H and O–H groups in total. The van der Waals surface area contributed by atoms with Crippen LogP contribution < -0.4 is 9.64 Å². The molecule has 1 aliphatic carbocycles. The minimum atomic E-state index is -0.123. The summed E-state index contributed by atoms with van der Waals surface area (Å²) in [5.41, 5.74) is 2.24. The maximum absolute atomic E-state index is 13.3. The summed E-state index contributed by atoms with van der Waals surface area (Å²) in [6, 6.07) is 7.39. The number of anilines is 1. The number of hydrogen-bond donors (Lipinski definition) is 0. The Morgan fingerprint density at radius 1 is 1.20 bits per heavy atom. The predicted octanol–water partition coefficient (Wildman–Crippen LogP) is 4.77. The van der Waals surface area contributed by atoms with Crippen LogP contribution in [0.4, 0.5) is 5.69 Å². The summed E-state index contributed by atoms with van der Waals surface area (Å²) >= 11 is 5.97. The van der Waals surface area contributed by atoms with Crippen molar-refractivity contribution in [2.75, 3.05) is 11.4 Å². The topological polar surface area (TPSA) is 55.3 Å². The number of nitrogens with zero attached hydrogens (tertiary/aromatic N) is 3. The fourth-order valence-corrected chi connectivity index (χ4v) is 3.83. The number of hydrogen-bond acceptors (Lipinski definition) is 4. The van der Waals surface area contributed by atoms with Crippen LogP contribution in [0, 0.1) is 12.8 Å². The van der Waals surface area contributed by atoms with E-state index in [1.165, 1.54) is 19.3 Å². The van der Waals surface area contributed by atoms with E-state index in [1.54, 1.807) is 6.07 Å². The zero-order chi connectivity index (χ0) is 17.4. The number of aromatic nitrogens is 2. The van der Waals surface area contributed by atoms with Gasteiger partial charge in [0.25, 0.3) is 11.8 Å². The third kappa shape index (κ3) is 3.21. The largest absolute Gasteiger partial charge is 0.435 e. The number of rotatable bonds is 2. The number of amides is 1. The molecule has 130 valence electrons. The Bertz CT molecular complexity index is 818. The second-order valence-corrected chi connectivity index (χ2v) is 7.27. The molecule has 1 amide bonds. The van der Waals surface area contributed by atoms with Gasteiger partial charge in [-0.25, -0.2) is 0 Å². The van der Waals surface area contributed by atoms with Crippen molar-refractivity contribution in [2.45, 2.75) is 39.0 Å². The maximum atomic E-state index is 13.3. The predicted molar refractivity (Wildman–Crippen MR) is 96.5 cm³/mol. The minimum Gasteiger partial charge on any atom is -0.435 e. The smallest absolute Gasteiger partial charge is 0.264 e. The standard InChI is InChI=1S/C19H20ClN3O2/c1-12-7-8-16-15(9-12)23(11-13-5-3-2-4-6-13)19(24)14-10-17(20)21-22-18(14)25-16/h7-10,13H,2-6,11H2,1H3. The van der Waals surface area contributed by atoms with Gasteiger partial charge < -0.3 is 9.64 Å². The second kappa shape index (κ2) is 6.64. The van der Waals surface area contributed by atoms with E-state index in [0.717, 1.165) is 24.1 Å². The van der Waals surface area contributed by atoms with Gasteiger partial charge in [0.15, 0.2) is 10.9 Å². The first-order valence-electron chi connectivity index (χ1n) is 8.75. The van der Waals surface area contributed by atoms with Crippen LogP contribution in [0.2, 0.25) is 5.15 Å². The molecule has 25 heavy (non-hydrogen) atoms. The molecule has 0 spiro atoms. The zero-order valence-electron chi connectivity index (χ0n) is 14.2. The highest BCUT2D eigenvalue weighted by Crippen LogP contribution is 2.40. The quantitative estimate of drug-likeness (QED) is 0.776. The lowest BCUT2D eigenvalue weighted by molar-refractivity contribution is 0.0980. The van der Waals surface area contributed by atoms with Crippen molar-refractivity contribution in [1.82, 2.24) is 10.2 Å². The van der Waals surface area contributed by atoms with Gasteiger partial charge in [-0.05, 0) is 49.4 Å². The Labute approximate surface area is 152 Å². The van der Waals surface area contributed by atoms with E-state index < -0.39 is 0 Å². The molecule has 0 radical (unpaired) electrons. The molecule has 5 nitrogen and oxygen atoms in total. The molecule has 4 rings (SSSR count). The molecule has 2 aromatic rings. The number of aryl methyl sites for hydroxylation is 1. The Morgan fingerprint density at radius 3 is 2.80 bits per heavy atom. The lowest BCUT2D eigenvalue weighted by Gasteiger charge is -2.29. The number of carbonyl (C=O) groups excluding carboxylic acids is 1. The van der Waals surface area contributed by atoms with Gasteiger partial charge in [0, 0.05) is 6.54 Å². The average Bonchev–Trinajstić information content (AvgIpc) is 2.72. The van der Waals surface area contributed by atoms with Crippen molar-refractivity contribution >= 4 is 23.2 Å². The summed E-state index contributed by atoms with van der Waals surface area (Å²) < 4.78 is 5.91. The minimum absolute atomic E-state index is 0.123. The van der Waals surface area contributed by atoms with Gasteiger partial charge in [0.1, 0.15) is 5.56 Å². The van der Waals surface area contributed by atoms with Crippen molar-refractivity contribution in [3.8, 4) is 11.6 Å². The number of ether oxygens (including phenoxy) is 1. The van der Waals surface area contributed by atoms with E-state index in [2.05, 4.69) is 10.2 Å². The molecule has 1 aliphatic heterocycles. The highest BCUT2D eigenvalue weighted by atomic mass is 35.5. The Morgan fingerprint density at radius 2 is 2.00 bits per heavy atom. The van der Waals surface area contributed by atoms with Crippen LogP contribution in [0.25, 0.3) is 0 Å². The summed E-state index contributed by atoms with van der Waals surface area (Å²) in [5, 5.41) is 7.99. The molecule has 0 saturated heterocycles. The van der Waals surface area contributed by atoms with Crippen LogP contribution >= 0.6 is 11.6 Å². The number of carbonyl (C=O) groups is 1. The molecule has 2 heterocycles. The average molecular weight is 358 g/mol. The number of fused-ring (bicyclic) bond motifs is 2. The molecule has 0 bridgehead atoms. The summed E-state index contributed by atoms with van der Waals surface area (Å²) in [6.45, 7) is 2.70.